The fourth-order valence-corrected chi connectivity index (χ4v) is 1.86. The van der Waals surface area contributed by atoms with E-state index >= 15 is 0 Å². The largest absolute Gasteiger partial charge is 0.461 e. The van der Waals surface area contributed by atoms with Gasteiger partial charge >= 0.3 is 11.9 Å². The van der Waals surface area contributed by atoms with E-state index < -0.39 is 30.1 Å². The van der Waals surface area contributed by atoms with Crippen molar-refractivity contribution >= 4 is 17.8 Å². The van der Waals surface area contributed by atoms with Crippen molar-refractivity contribution in [2.75, 3.05) is 26.4 Å². The first-order valence-corrected chi connectivity index (χ1v) is 8.14. The Morgan fingerprint density at radius 2 is 1.54 bits per heavy atom. The topological polar surface area (TPSA) is 111 Å². The van der Waals surface area contributed by atoms with E-state index in [9.17, 15) is 19.5 Å². The summed E-state index contributed by atoms with van der Waals surface area (Å²) in [7, 11) is 0. The molecule has 2 atom stereocenters. The molecule has 2 unspecified atom stereocenters. The van der Waals surface area contributed by atoms with E-state index in [2.05, 4.69) is 25.1 Å². The molecule has 0 radical (unpaired) electrons. The summed E-state index contributed by atoms with van der Waals surface area (Å²) in [6, 6.07) is 0. The molecule has 26 heavy (non-hydrogen) atoms. The molecule has 0 spiro atoms. The van der Waals surface area contributed by atoms with Crippen LogP contribution in [0.15, 0.2) is 38.0 Å². The third-order valence-corrected chi connectivity index (χ3v) is 3.11. The van der Waals surface area contributed by atoms with Crippen LogP contribution in [0.1, 0.15) is 19.3 Å². The second-order valence-corrected chi connectivity index (χ2v) is 5.24. The van der Waals surface area contributed by atoms with Gasteiger partial charge < -0.3 is 24.6 Å². The van der Waals surface area contributed by atoms with Crippen molar-refractivity contribution in [1.29, 1.82) is 0 Å². The van der Waals surface area contributed by atoms with Gasteiger partial charge in [-0.15, -0.1) is 6.58 Å². The third-order valence-electron chi connectivity index (χ3n) is 3.11. The Balaban J connectivity index is 4.52. The van der Waals surface area contributed by atoms with Crippen molar-refractivity contribution < 1.29 is 33.7 Å². The molecule has 0 rings (SSSR count). The van der Waals surface area contributed by atoms with Crippen LogP contribution in [0, 0.1) is 5.92 Å². The first-order valence-electron chi connectivity index (χ1n) is 8.14. The molecule has 0 aliphatic heterocycles. The summed E-state index contributed by atoms with van der Waals surface area (Å²) in [6.45, 7) is 10.3. The Labute approximate surface area is 153 Å². The molecule has 146 valence electrons. The second-order valence-electron chi connectivity index (χ2n) is 5.24. The maximum atomic E-state index is 12.0. The van der Waals surface area contributed by atoms with Crippen molar-refractivity contribution in [2.24, 2.45) is 5.92 Å². The lowest BCUT2D eigenvalue weighted by molar-refractivity contribution is -0.149. The van der Waals surface area contributed by atoms with Gasteiger partial charge in [-0.2, -0.15) is 0 Å². The summed E-state index contributed by atoms with van der Waals surface area (Å²) >= 11 is 0. The number of aliphatic hydroxyl groups is 1. The number of aliphatic hydroxyl groups excluding tert-OH is 1. The van der Waals surface area contributed by atoms with E-state index in [4.69, 9.17) is 14.2 Å². The van der Waals surface area contributed by atoms with Crippen LogP contribution in [0.25, 0.3) is 0 Å². The van der Waals surface area contributed by atoms with Crippen LogP contribution in [0.3, 0.4) is 0 Å². The molecule has 0 aliphatic carbocycles. The molecule has 2 N–H and O–H groups in total. The fourth-order valence-electron chi connectivity index (χ4n) is 1.86. The molecule has 1 amide bonds. The molecule has 0 saturated carbocycles. The maximum Gasteiger partial charge on any atom is 0.325 e. The molecule has 8 heteroatoms. The lowest BCUT2D eigenvalue weighted by Crippen LogP contribution is -2.35. The molecule has 0 aromatic heterocycles. The molecule has 0 aliphatic rings. The number of carbonyl (C=O) groups is 3. The van der Waals surface area contributed by atoms with Crippen LogP contribution in [0.4, 0.5) is 0 Å². The van der Waals surface area contributed by atoms with E-state index in [1.54, 1.807) is 0 Å². The Bertz CT molecular complexity index is 490. The molecular weight excluding hydrogens is 342 g/mol. The number of amides is 1. The highest BCUT2D eigenvalue weighted by Gasteiger charge is 2.24. The van der Waals surface area contributed by atoms with Crippen molar-refractivity contribution in [3.05, 3.63) is 38.0 Å². The second kappa shape index (κ2) is 14.9. The predicted octanol–water partition coefficient (Wildman–Crippen LogP) is 0.868. The minimum atomic E-state index is -1.27. The quantitative estimate of drug-likeness (QED) is 0.250. The van der Waals surface area contributed by atoms with E-state index in [-0.39, 0.29) is 45.6 Å². The Hall–Kier alpha value is -2.45. The highest BCUT2D eigenvalue weighted by molar-refractivity contribution is 5.82. The van der Waals surface area contributed by atoms with Gasteiger partial charge in [0.25, 0.3) is 0 Å². The number of hydrogen-bond donors (Lipinski definition) is 2. The molecule has 8 nitrogen and oxygen atoms in total. The molecule has 0 aromatic rings. The van der Waals surface area contributed by atoms with Crippen molar-refractivity contribution in [1.82, 2.24) is 5.32 Å². The maximum absolute atomic E-state index is 12.0. The smallest absolute Gasteiger partial charge is 0.325 e. The number of rotatable bonds is 15. The van der Waals surface area contributed by atoms with Gasteiger partial charge in [-0.1, -0.05) is 31.4 Å². The summed E-state index contributed by atoms with van der Waals surface area (Å²) in [4.78, 5) is 34.9. The fraction of sp³-hybridized carbons (Fsp3) is 0.500. The zero-order valence-corrected chi connectivity index (χ0v) is 14.9. The van der Waals surface area contributed by atoms with Crippen LogP contribution < -0.4 is 5.32 Å². The standard InChI is InChI=1S/C18H27NO7/c1-4-9-24-16(21)8-7-14(18(23)26-11-6-3)12-15(20)19-13-17(22)25-10-5-2/h4-6,14,18,23H,1-3,7-13H2,(H,19,20). The Kier molecular flexibility index (Phi) is 13.5. The minimum Gasteiger partial charge on any atom is -0.461 e. The van der Waals surface area contributed by atoms with Crippen LogP contribution >= 0.6 is 0 Å². The summed E-state index contributed by atoms with van der Waals surface area (Å²) in [6.07, 6.45) is 3.07. The van der Waals surface area contributed by atoms with Crippen LogP contribution in [0.5, 0.6) is 0 Å². The zero-order valence-electron chi connectivity index (χ0n) is 14.9. The number of ether oxygens (including phenoxy) is 3. The normalized spacial score (nSPS) is 12.3. The van der Waals surface area contributed by atoms with Gasteiger partial charge in [0.2, 0.25) is 5.91 Å². The highest BCUT2D eigenvalue weighted by Crippen LogP contribution is 2.18. The predicted molar refractivity (Wildman–Crippen MR) is 94.8 cm³/mol. The van der Waals surface area contributed by atoms with E-state index in [0.29, 0.717) is 0 Å². The van der Waals surface area contributed by atoms with Crippen LogP contribution in [-0.4, -0.2) is 55.6 Å². The lowest BCUT2D eigenvalue weighted by Gasteiger charge is -2.22. The molecule has 0 aromatic carbocycles. The number of nitrogens with one attached hydrogen (secondary N) is 1. The summed E-state index contributed by atoms with van der Waals surface area (Å²) in [5, 5.41) is 12.4. The summed E-state index contributed by atoms with van der Waals surface area (Å²) < 4.78 is 14.7. The van der Waals surface area contributed by atoms with E-state index in [0.717, 1.165) is 0 Å². The van der Waals surface area contributed by atoms with Crippen molar-refractivity contribution in [3.8, 4) is 0 Å². The van der Waals surface area contributed by atoms with Gasteiger partial charge in [-0.3, -0.25) is 14.4 Å². The Morgan fingerprint density at radius 1 is 0.962 bits per heavy atom. The first-order chi connectivity index (χ1) is 12.4. The van der Waals surface area contributed by atoms with Gasteiger partial charge in [0.1, 0.15) is 19.8 Å². The highest BCUT2D eigenvalue weighted by atomic mass is 16.6. The summed E-state index contributed by atoms with van der Waals surface area (Å²) in [5.41, 5.74) is 0. The number of carbonyl (C=O) groups excluding carboxylic acids is 3. The number of hydrogen-bond acceptors (Lipinski definition) is 7. The van der Waals surface area contributed by atoms with Gasteiger partial charge in [0, 0.05) is 18.8 Å². The first kappa shape index (κ1) is 23.5. The van der Waals surface area contributed by atoms with Crippen LogP contribution in [0.2, 0.25) is 0 Å². The van der Waals surface area contributed by atoms with Crippen molar-refractivity contribution in [3.63, 3.8) is 0 Å². The minimum absolute atomic E-state index is 0.00166. The average Bonchev–Trinajstić information content (AvgIpc) is 2.63. The SMILES string of the molecule is C=CCOC(=O)CCC(CC(=O)NCC(=O)OCC=C)C(O)OCC=C. The van der Waals surface area contributed by atoms with Crippen LogP contribution in [-0.2, 0) is 28.6 Å². The van der Waals surface area contributed by atoms with Gasteiger partial charge in [0.15, 0.2) is 6.29 Å². The van der Waals surface area contributed by atoms with Crippen molar-refractivity contribution in [2.45, 2.75) is 25.6 Å². The lowest BCUT2D eigenvalue weighted by atomic mass is 9.98. The van der Waals surface area contributed by atoms with Gasteiger partial charge in [-0.25, -0.2) is 0 Å². The molecule has 0 saturated heterocycles. The zero-order chi connectivity index (χ0) is 19.8. The Morgan fingerprint density at radius 3 is 2.12 bits per heavy atom. The monoisotopic (exact) mass is 369 g/mol. The summed E-state index contributed by atoms with van der Waals surface area (Å²) in [5.74, 6) is -2.22. The molecular formula is C18H27NO7. The molecule has 0 heterocycles. The van der Waals surface area contributed by atoms with E-state index in [1.807, 2.05) is 0 Å². The average molecular weight is 369 g/mol. The van der Waals surface area contributed by atoms with Gasteiger partial charge in [0.05, 0.1) is 6.61 Å². The molecule has 0 fully saturated rings. The van der Waals surface area contributed by atoms with Gasteiger partial charge in [-0.05, 0) is 6.42 Å². The third kappa shape index (κ3) is 12.0. The number of esters is 2. The van der Waals surface area contributed by atoms with E-state index in [1.165, 1.54) is 18.2 Å². The molecule has 0 bridgehead atoms.